The van der Waals surface area contributed by atoms with Gasteiger partial charge < -0.3 is 14.4 Å². The van der Waals surface area contributed by atoms with E-state index < -0.39 is 11.7 Å². The fraction of sp³-hybridized carbons (Fsp3) is 0.364. The lowest BCUT2D eigenvalue weighted by Crippen LogP contribution is -2.47. The Bertz CT molecular complexity index is 1060. The van der Waals surface area contributed by atoms with Gasteiger partial charge in [-0.15, -0.1) is 0 Å². The zero-order valence-electron chi connectivity index (χ0n) is 17.4. The molecule has 0 saturated carbocycles. The normalized spacial score (nSPS) is 17.4. The number of carbonyl (C=O) groups is 1. The molecule has 6 nitrogen and oxygen atoms in total. The molecule has 3 heterocycles. The first-order valence-corrected chi connectivity index (χ1v) is 10.1. The topological polar surface area (TPSA) is 46.3 Å². The molecule has 1 unspecified atom stereocenters. The molecule has 31 heavy (non-hydrogen) atoms. The lowest BCUT2D eigenvalue weighted by Gasteiger charge is -2.36. The highest BCUT2D eigenvalue weighted by molar-refractivity contribution is 5.97. The van der Waals surface area contributed by atoms with E-state index in [1.165, 1.54) is 16.9 Å². The summed E-state index contributed by atoms with van der Waals surface area (Å²) in [6.07, 6.45) is 2.38. The van der Waals surface area contributed by atoms with Gasteiger partial charge in [-0.25, -0.2) is 4.68 Å². The highest BCUT2D eigenvalue weighted by atomic mass is 19.4. The van der Waals surface area contributed by atoms with Crippen molar-refractivity contribution in [3.05, 3.63) is 66.1 Å². The maximum atomic E-state index is 13.4. The number of likely N-dealkylation sites (tertiary alicyclic amines) is 1. The highest BCUT2D eigenvalue weighted by Crippen LogP contribution is 2.31. The Balaban J connectivity index is 1.76. The molecule has 0 radical (unpaired) electrons. The SMILES string of the molecule is CN(C)C1CCCN(C(=O)c2cnn(-c3cccc(C(F)(F)F)c3)c2-n2cccc2)C1. The van der Waals surface area contributed by atoms with E-state index in [4.69, 9.17) is 0 Å². The van der Waals surface area contributed by atoms with E-state index >= 15 is 0 Å². The first-order valence-electron chi connectivity index (χ1n) is 10.1. The van der Waals surface area contributed by atoms with Crippen LogP contribution in [-0.2, 0) is 6.18 Å². The summed E-state index contributed by atoms with van der Waals surface area (Å²) >= 11 is 0. The van der Waals surface area contributed by atoms with Gasteiger partial charge in [0, 0.05) is 31.5 Å². The highest BCUT2D eigenvalue weighted by Gasteiger charge is 2.32. The Kier molecular flexibility index (Phi) is 5.62. The third-order valence-electron chi connectivity index (χ3n) is 5.66. The van der Waals surface area contributed by atoms with Gasteiger partial charge in [0.05, 0.1) is 17.4 Å². The van der Waals surface area contributed by atoms with Crippen LogP contribution in [0.25, 0.3) is 11.5 Å². The number of rotatable bonds is 4. The molecule has 164 valence electrons. The number of benzene rings is 1. The lowest BCUT2D eigenvalue weighted by molar-refractivity contribution is -0.137. The molecule has 3 aromatic rings. The fourth-order valence-electron chi connectivity index (χ4n) is 3.95. The average molecular weight is 431 g/mol. The van der Waals surface area contributed by atoms with Crippen LogP contribution in [0.3, 0.4) is 0 Å². The molecule has 1 amide bonds. The lowest BCUT2D eigenvalue weighted by atomic mass is 10.0. The summed E-state index contributed by atoms with van der Waals surface area (Å²) in [5.74, 6) is 0.245. The van der Waals surface area contributed by atoms with E-state index in [2.05, 4.69) is 10.00 Å². The number of likely N-dealkylation sites (N-methyl/N-ethyl adjacent to an activating group) is 1. The molecular formula is C22H24F3N5O. The van der Waals surface area contributed by atoms with E-state index in [0.29, 0.717) is 24.5 Å². The second-order valence-corrected chi connectivity index (χ2v) is 7.94. The van der Waals surface area contributed by atoms with E-state index in [1.807, 2.05) is 14.1 Å². The number of piperidine rings is 1. The van der Waals surface area contributed by atoms with Crippen LogP contribution in [0.15, 0.2) is 55.0 Å². The number of halogens is 3. The summed E-state index contributed by atoms with van der Waals surface area (Å²) in [6.45, 7) is 1.24. The van der Waals surface area contributed by atoms with Crippen molar-refractivity contribution in [2.75, 3.05) is 27.2 Å². The first-order chi connectivity index (χ1) is 14.8. The van der Waals surface area contributed by atoms with Crippen LogP contribution in [0.2, 0.25) is 0 Å². The minimum Gasteiger partial charge on any atom is -0.337 e. The summed E-state index contributed by atoms with van der Waals surface area (Å²) in [7, 11) is 3.99. The third kappa shape index (κ3) is 4.23. The zero-order valence-corrected chi connectivity index (χ0v) is 17.4. The number of aromatic nitrogens is 3. The molecule has 2 aromatic heterocycles. The van der Waals surface area contributed by atoms with E-state index in [9.17, 15) is 18.0 Å². The van der Waals surface area contributed by atoms with Crippen LogP contribution >= 0.6 is 0 Å². The number of hydrogen-bond donors (Lipinski definition) is 0. The molecular weight excluding hydrogens is 407 g/mol. The Morgan fingerprint density at radius 1 is 1.16 bits per heavy atom. The summed E-state index contributed by atoms with van der Waals surface area (Å²) in [5, 5.41) is 4.31. The molecule has 9 heteroatoms. The van der Waals surface area contributed by atoms with Crippen molar-refractivity contribution in [2.24, 2.45) is 0 Å². The minimum absolute atomic E-state index is 0.173. The van der Waals surface area contributed by atoms with Gasteiger partial charge in [0.2, 0.25) is 0 Å². The van der Waals surface area contributed by atoms with E-state index in [1.54, 1.807) is 40.1 Å². The van der Waals surface area contributed by atoms with Crippen molar-refractivity contribution >= 4 is 5.91 Å². The maximum absolute atomic E-state index is 13.4. The van der Waals surface area contributed by atoms with E-state index in [0.717, 1.165) is 25.0 Å². The van der Waals surface area contributed by atoms with Gasteiger partial charge in [0.15, 0.2) is 5.82 Å². The summed E-state index contributed by atoms with van der Waals surface area (Å²) < 4.78 is 42.8. The predicted octanol–water partition coefficient (Wildman–Crippen LogP) is 3.85. The number of hydrogen-bond acceptors (Lipinski definition) is 3. The number of alkyl halides is 3. The van der Waals surface area contributed by atoms with Gasteiger partial charge in [0.25, 0.3) is 5.91 Å². The molecule has 1 fully saturated rings. The van der Waals surface area contributed by atoms with E-state index in [-0.39, 0.29) is 17.6 Å². The molecule has 0 N–H and O–H groups in total. The van der Waals surface area contributed by atoms with Crippen molar-refractivity contribution < 1.29 is 18.0 Å². The Morgan fingerprint density at radius 2 is 1.90 bits per heavy atom. The number of amides is 1. The third-order valence-corrected chi connectivity index (χ3v) is 5.66. The van der Waals surface area contributed by atoms with Crippen LogP contribution in [0.4, 0.5) is 13.2 Å². The molecule has 0 aliphatic carbocycles. The van der Waals surface area contributed by atoms with Crippen LogP contribution in [0.1, 0.15) is 28.8 Å². The molecule has 1 aliphatic heterocycles. The van der Waals surface area contributed by atoms with Gasteiger partial charge >= 0.3 is 6.18 Å². The average Bonchev–Trinajstić information content (AvgIpc) is 3.42. The first kappa shape index (κ1) is 21.2. The van der Waals surface area contributed by atoms with Gasteiger partial charge in [-0.1, -0.05) is 6.07 Å². The van der Waals surface area contributed by atoms with Crippen molar-refractivity contribution in [1.82, 2.24) is 24.1 Å². The molecule has 1 aromatic carbocycles. The van der Waals surface area contributed by atoms with Crippen molar-refractivity contribution in [3.8, 4) is 11.5 Å². The smallest absolute Gasteiger partial charge is 0.337 e. The molecule has 1 atom stereocenters. The van der Waals surface area contributed by atoms with Gasteiger partial charge in [-0.3, -0.25) is 4.79 Å². The van der Waals surface area contributed by atoms with Crippen molar-refractivity contribution in [1.29, 1.82) is 0 Å². The van der Waals surface area contributed by atoms with Crippen LogP contribution in [0.5, 0.6) is 0 Å². The summed E-state index contributed by atoms with van der Waals surface area (Å²) in [6, 6.07) is 8.80. The Hall–Kier alpha value is -3.07. The summed E-state index contributed by atoms with van der Waals surface area (Å²) in [4.78, 5) is 17.3. The number of nitrogens with zero attached hydrogens (tertiary/aromatic N) is 5. The molecule has 1 saturated heterocycles. The zero-order chi connectivity index (χ0) is 22.2. The second-order valence-electron chi connectivity index (χ2n) is 7.94. The monoisotopic (exact) mass is 431 g/mol. The summed E-state index contributed by atoms with van der Waals surface area (Å²) in [5.41, 5.74) is -0.174. The van der Waals surface area contributed by atoms with Crippen molar-refractivity contribution in [3.63, 3.8) is 0 Å². The quantitative estimate of drug-likeness (QED) is 0.631. The minimum atomic E-state index is -4.47. The van der Waals surface area contributed by atoms with Gasteiger partial charge in [-0.05, 0) is 57.3 Å². The van der Waals surface area contributed by atoms with Crippen LogP contribution < -0.4 is 0 Å². The molecule has 0 spiro atoms. The maximum Gasteiger partial charge on any atom is 0.416 e. The predicted molar refractivity (Wildman–Crippen MR) is 111 cm³/mol. The number of carbonyl (C=O) groups excluding carboxylic acids is 1. The molecule has 1 aliphatic rings. The Morgan fingerprint density at radius 3 is 2.58 bits per heavy atom. The second kappa shape index (κ2) is 8.22. The fourth-order valence-corrected chi connectivity index (χ4v) is 3.95. The molecule has 4 rings (SSSR count). The molecule has 0 bridgehead atoms. The van der Waals surface area contributed by atoms with Crippen molar-refractivity contribution in [2.45, 2.75) is 25.1 Å². The standard InChI is InChI=1S/C22H24F3N5O/c1-27(2)18-9-6-12-29(15-18)21(31)19-14-26-30(20(19)28-10-3-4-11-28)17-8-5-7-16(13-17)22(23,24)25/h3-5,7-8,10-11,13-14,18H,6,9,12,15H2,1-2H3. The van der Waals surface area contributed by atoms with Gasteiger partial charge in [-0.2, -0.15) is 18.3 Å². The van der Waals surface area contributed by atoms with Crippen LogP contribution in [-0.4, -0.2) is 63.3 Å². The van der Waals surface area contributed by atoms with Crippen LogP contribution in [0, 0.1) is 0 Å². The Labute approximate surface area is 178 Å². The van der Waals surface area contributed by atoms with Gasteiger partial charge in [0.1, 0.15) is 5.56 Å². The largest absolute Gasteiger partial charge is 0.416 e.